The van der Waals surface area contributed by atoms with E-state index in [-0.39, 0.29) is 11.8 Å². The van der Waals surface area contributed by atoms with Crippen molar-refractivity contribution in [3.63, 3.8) is 0 Å². The lowest BCUT2D eigenvalue weighted by Gasteiger charge is -2.44. The molecule has 0 aliphatic heterocycles. The fourth-order valence-electron chi connectivity index (χ4n) is 7.10. The van der Waals surface area contributed by atoms with Gasteiger partial charge in [-0.05, 0) is 86.2 Å². The Morgan fingerprint density at radius 2 is 2.03 bits per heavy atom. The minimum Gasteiger partial charge on any atom is -0.481 e. The molecule has 3 aliphatic carbocycles. The molecule has 186 valence electrons. The molecule has 0 radical (unpaired) electrons. The number of rotatable bonds is 8. The Hall–Kier alpha value is -1.43. The standard InChI is InChI=1S/C28H44O5/c1-18(7-5-13-27(3,33)17-26(31)32)23-11-12-24-20(8-6-14-28(23,24)4)9-10-21-15-22(29)16-25(30)19(21)2/h9-10,18,22-25,29-30,33H,2,5-8,11-17H2,1,3-4H3,(H,31,32)/b20-9?,21-10-/t18-,22-,23-,24?,25-,27+,28-/m1/s1. The molecule has 3 rings (SSSR count). The van der Waals surface area contributed by atoms with Gasteiger partial charge in [0, 0.05) is 6.42 Å². The molecule has 5 heteroatoms. The SMILES string of the molecule is C=C1/C(=C\C=C2CCC[C@@]3(C)C2CC[C@@H]3[C@H](C)CCC[C@](C)(O)CC(=O)O)C[C@@H](O)C[C@H]1O. The van der Waals surface area contributed by atoms with E-state index in [0.717, 1.165) is 30.4 Å². The zero-order valence-electron chi connectivity index (χ0n) is 20.7. The van der Waals surface area contributed by atoms with Crippen LogP contribution >= 0.6 is 0 Å². The van der Waals surface area contributed by atoms with Crippen LogP contribution < -0.4 is 0 Å². The van der Waals surface area contributed by atoms with Crippen LogP contribution in [0.1, 0.15) is 91.4 Å². The Morgan fingerprint density at radius 3 is 2.73 bits per heavy atom. The smallest absolute Gasteiger partial charge is 0.306 e. The van der Waals surface area contributed by atoms with Crippen LogP contribution in [0.4, 0.5) is 0 Å². The van der Waals surface area contributed by atoms with Gasteiger partial charge in [-0.25, -0.2) is 0 Å². The topological polar surface area (TPSA) is 98.0 Å². The number of aliphatic hydroxyl groups is 3. The molecule has 0 spiro atoms. The second-order valence-corrected chi connectivity index (χ2v) is 11.6. The number of fused-ring (bicyclic) bond motifs is 1. The fraction of sp³-hybridized carbons (Fsp3) is 0.750. The highest BCUT2D eigenvalue weighted by molar-refractivity contribution is 5.67. The summed E-state index contributed by atoms with van der Waals surface area (Å²) in [5, 5.41) is 39.5. The summed E-state index contributed by atoms with van der Waals surface area (Å²) in [5.41, 5.74) is 2.35. The van der Waals surface area contributed by atoms with Crippen LogP contribution in [0.25, 0.3) is 0 Å². The number of carboxylic acid groups (broad SMARTS) is 1. The lowest BCUT2D eigenvalue weighted by atomic mass is 9.60. The van der Waals surface area contributed by atoms with Gasteiger partial charge in [-0.2, -0.15) is 0 Å². The highest BCUT2D eigenvalue weighted by Crippen LogP contribution is 2.60. The Morgan fingerprint density at radius 1 is 1.30 bits per heavy atom. The first-order valence-corrected chi connectivity index (χ1v) is 12.8. The summed E-state index contributed by atoms with van der Waals surface area (Å²) in [4.78, 5) is 11.0. The predicted molar refractivity (Wildman–Crippen MR) is 131 cm³/mol. The number of hydrogen-bond donors (Lipinski definition) is 4. The third-order valence-electron chi connectivity index (χ3n) is 8.90. The van der Waals surface area contributed by atoms with Gasteiger partial charge in [0.25, 0.3) is 0 Å². The van der Waals surface area contributed by atoms with Crippen molar-refractivity contribution < 1.29 is 25.2 Å². The highest BCUT2D eigenvalue weighted by Gasteiger charge is 2.50. The number of aliphatic carboxylic acids is 1. The highest BCUT2D eigenvalue weighted by atomic mass is 16.4. The average molecular weight is 461 g/mol. The van der Waals surface area contributed by atoms with Crippen LogP contribution in [0, 0.1) is 23.2 Å². The van der Waals surface area contributed by atoms with E-state index in [0.29, 0.717) is 37.0 Å². The van der Waals surface area contributed by atoms with Crippen LogP contribution in [0.2, 0.25) is 0 Å². The first kappa shape index (κ1) is 26.2. The molecule has 0 aromatic carbocycles. The summed E-state index contributed by atoms with van der Waals surface area (Å²) in [6.45, 7) is 10.5. The molecule has 4 N–H and O–H groups in total. The molecule has 0 amide bonds. The molecule has 0 aromatic heterocycles. The van der Waals surface area contributed by atoms with Crippen LogP contribution in [0.15, 0.2) is 35.5 Å². The minimum atomic E-state index is -1.13. The largest absolute Gasteiger partial charge is 0.481 e. The zero-order valence-corrected chi connectivity index (χ0v) is 20.7. The monoisotopic (exact) mass is 460 g/mol. The van der Waals surface area contributed by atoms with Crippen LogP contribution in [0.3, 0.4) is 0 Å². The molecule has 5 nitrogen and oxygen atoms in total. The molecule has 0 saturated heterocycles. The van der Waals surface area contributed by atoms with Gasteiger partial charge in [-0.15, -0.1) is 0 Å². The van der Waals surface area contributed by atoms with Crippen molar-refractivity contribution in [2.45, 2.75) is 109 Å². The van der Waals surface area contributed by atoms with Crippen molar-refractivity contribution in [2.75, 3.05) is 0 Å². The molecule has 33 heavy (non-hydrogen) atoms. The second-order valence-electron chi connectivity index (χ2n) is 11.6. The van der Waals surface area contributed by atoms with Gasteiger partial charge in [0.15, 0.2) is 0 Å². The number of hydrogen-bond acceptors (Lipinski definition) is 4. The predicted octanol–water partition coefficient (Wildman–Crippen LogP) is 5.16. The van der Waals surface area contributed by atoms with Crippen molar-refractivity contribution in [1.82, 2.24) is 0 Å². The molecule has 1 unspecified atom stereocenters. The van der Waals surface area contributed by atoms with Crippen molar-refractivity contribution >= 4 is 5.97 Å². The van der Waals surface area contributed by atoms with Crippen molar-refractivity contribution in [2.24, 2.45) is 23.2 Å². The van der Waals surface area contributed by atoms with Crippen molar-refractivity contribution in [3.8, 4) is 0 Å². The van der Waals surface area contributed by atoms with Crippen LogP contribution in [0.5, 0.6) is 0 Å². The first-order chi connectivity index (χ1) is 15.4. The maximum absolute atomic E-state index is 11.0. The number of aliphatic hydroxyl groups excluding tert-OH is 2. The molecular weight excluding hydrogens is 416 g/mol. The van der Waals surface area contributed by atoms with Crippen molar-refractivity contribution in [3.05, 3.63) is 35.5 Å². The molecule has 3 fully saturated rings. The molecule has 3 aliphatic rings. The lowest BCUT2D eigenvalue weighted by Crippen LogP contribution is -2.36. The molecular formula is C28H44O5. The van der Waals surface area contributed by atoms with Gasteiger partial charge in [-0.3, -0.25) is 4.79 Å². The van der Waals surface area contributed by atoms with Crippen LogP contribution in [-0.4, -0.2) is 44.2 Å². The van der Waals surface area contributed by atoms with Gasteiger partial charge >= 0.3 is 5.97 Å². The Bertz CT molecular complexity index is 794. The molecule has 3 saturated carbocycles. The van der Waals surface area contributed by atoms with E-state index in [1.165, 1.54) is 31.3 Å². The average Bonchev–Trinajstić information content (AvgIpc) is 3.06. The summed E-state index contributed by atoms with van der Waals surface area (Å²) in [6, 6.07) is 0. The Balaban J connectivity index is 1.65. The van der Waals surface area contributed by atoms with E-state index in [1.807, 2.05) is 0 Å². The number of carboxylic acids is 1. The Labute approximate surface area is 199 Å². The summed E-state index contributed by atoms with van der Waals surface area (Å²) < 4.78 is 0. The van der Waals surface area contributed by atoms with E-state index in [2.05, 4.69) is 32.6 Å². The maximum Gasteiger partial charge on any atom is 0.306 e. The van der Waals surface area contributed by atoms with E-state index in [1.54, 1.807) is 6.92 Å². The molecule has 0 heterocycles. The molecule has 7 atom stereocenters. The number of allylic oxidation sites excluding steroid dienone is 3. The van der Waals surface area contributed by atoms with E-state index in [9.17, 15) is 20.1 Å². The van der Waals surface area contributed by atoms with Crippen LogP contribution in [-0.2, 0) is 4.79 Å². The fourth-order valence-corrected chi connectivity index (χ4v) is 7.10. The summed E-state index contributed by atoms with van der Waals surface area (Å²) in [5.74, 6) is 0.798. The maximum atomic E-state index is 11.0. The first-order valence-electron chi connectivity index (χ1n) is 12.8. The Kier molecular flexibility index (Phi) is 8.29. The van der Waals surface area contributed by atoms with E-state index < -0.39 is 23.8 Å². The van der Waals surface area contributed by atoms with Gasteiger partial charge in [-0.1, -0.05) is 51.0 Å². The number of carbonyl (C=O) groups is 1. The summed E-state index contributed by atoms with van der Waals surface area (Å²) in [6.07, 6.45) is 12.3. The van der Waals surface area contributed by atoms with Gasteiger partial charge < -0.3 is 20.4 Å². The van der Waals surface area contributed by atoms with E-state index >= 15 is 0 Å². The minimum absolute atomic E-state index is 0.200. The summed E-state index contributed by atoms with van der Waals surface area (Å²) >= 11 is 0. The zero-order chi connectivity index (χ0) is 24.4. The molecule has 0 bridgehead atoms. The van der Waals surface area contributed by atoms with Gasteiger partial charge in [0.1, 0.15) is 0 Å². The normalized spacial score (nSPS) is 37.7. The second kappa shape index (κ2) is 10.5. The third kappa shape index (κ3) is 6.17. The molecule has 0 aromatic rings. The van der Waals surface area contributed by atoms with Gasteiger partial charge in [0.2, 0.25) is 0 Å². The lowest BCUT2D eigenvalue weighted by molar-refractivity contribution is -0.142. The van der Waals surface area contributed by atoms with Crippen molar-refractivity contribution in [1.29, 1.82) is 0 Å². The van der Waals surface area contributed by atoms with Gasteiger partial charge in [0.05, 0.1) is 24.2 Å². The third-order valence-corrected chi connectivity index (χ3v) is 8.90. The summed E-state index contributed by atoms with van der Waals surface area (Å²) in [7, 11) is 0. The quantitative estimate of drug-likeness (QED) is 0.401. The van der Waals surface area contributed by atoms with E-state index in [4.69, 9.17) is 5.11 Å².